The molecule has 1 heterocycles. The van der Waals surface area contributed by atoms with Gasteiger partial charge in [-0.3, -0.25) is 0 Å². The Kier molecular flexibility index (Phi) is 2.69. The molecule has 0 spiro atoms. The van der Waals surface area contributed by atoms with Crippen LogP contribution >= 0.6 is 0 Å². The summed E-state index contributed by atoms with van der Waals surface area (Å²) < 4.78 is 5.92. The molecular formula is C15H23N3O. The van der Waals surface area contributed by atoms with Crippen molar-refractivity contribution >= 4 is 0 Å². The minimum absolute atomic E-state index is 0.0990. The van der Waals surface area contributed by atoms with E-state index >= 15 is 0 Å². The van der Waals surface area contributed by atoms with Gasteiger partial charge in [-0.15, -0.1) is 10.2 Å². The molecule has 4 aliphatic carbocycles. The summed E-state index contributed by atoms with van der Waals surface area (Å²) in [4.78, 5) is 0. The Morgan fingerprint density at radius 2 is 1.74 bits per heavy atom. The van der Waals surface area contributed by atoms with E-state index < -0.39 is 0 Å². The van der Waals surface area contributed by atoms with Crippen LogP contribution in [0.2, 0.25) is 0 Å². The second kappa shape index (κ2) is 4.30. The lowest BCUT2D eigenvalue weighted by molar-refractivity contribution is -0.0119. The first-order valence-electron chi connectivity index (χ1n) is 7.83. The Hall–Kier alpha value is -0.900. The molecule has 0 amide bonds. The summed E-state index contributed by atoms with van der Waals surface area (Å²) in [5, 5.41) is 8.51. The van der Waals surface area contributed by atoms with Gasteiger partial charge < -0.3 is 10.2 Å². The van der Waals surface area contributed by atoms with Crippen LogP contribution < -0.4 is 5.73 Å². The van der Waals surface area contributed by atoms with Gasteiger partial charge in [0.25, 0.3) is 0 Å². The van der Waals surface area contributed by atoms with Crippen molar-refractivity contribution in [1.29, 1.82) is 0 Å². The number of aromatic nitrogens is 2. The average molecular weight is 261 g/mol. The standard InChI is InChI=1S/C15H23N3O/c1-2-12(16)14-17-18-15(19-14)13-10-4-8-3-9(6-10)7-11(13)5-8/h8-13H,2-7,16H2,1H3. The number of rotatable bonds is 3. The smallest absolute Gasteiger partial charge is 0.233 e. The van der Waals surface area contributed by atoms with Crippen molar-refractivity contribution in [3.63, 3.8) is 0 Å². The van der Waals surface area contributed by atoms with Crippen molar-refractivity contribution in [2.45, 2.75) is 57.4 Å². The van der Waals surface area contributed by atoms with Crippen molar-refractivity contribution in [1.82, 2.24) is 10.2 Å². The quantitative estimate of drug-likeness (QED) is 0.908. The fourth-order valence-electron chi connectivity index (χ4n) is 5.03. The minimum Gasteiger partial charge on any atom is -0.423 e. The normalized spacial score (nSPS) is 41.7. The highest BCUT2D eigenvalue weighted by atomic mass is 16.4. The molecule has 4 saturated carbocycles. The lowest BCUT2D eigenvalue weighted by atomic mass is 9.52. The molecule has 4 aliphatic rings. The largest absolute Gasteiger partial charge is 0.423 e. The Bertz CT molecular complexity index is 442. The highest BCUT2D eigenvalue weighted by molar-refractivity contribution is 5.08. The number of nitrogens with two attached hydrogens (primary N) is 1. The Labute approximate surface area is 114 Å². The number of hydrogen-bond donors (Lipinski definition) is 1. The lowest BCUT2D eigenvalue weighted by Crippen LogP contribution is -2.43. The van der Waals surface area contributed by atoms with Crippen molar-refractivity contribution < 1.29 is 4.42 Å². The molecule has 2 N–H and O–H groups in total. The van der Waals surface area contributed by atoms with Crippen LogP contribution in [0.15, 0.2) is 4.42 Å². The third-order valence-corrected chi connectivity index (χ3v) is 5.73. The Morgan fingerprint density at radius 1 is 1.11 bits per heavy atom. The molecule has 4 heteroatoms. The van der Waals surface area contributed by atoms with Crippen LogP contribution in [0, 0.1) is 23.7 Å². The second-order valence-corrected chi connectivity index (χ2v) is 6.95. The first-order valence-corrected chi connectivity index (χ1v) is 7.83. The lowest BCUT2D eigenvalue weighted by Gasteiger charge is -2.53. The zero-order chi connectivity index (χ0) is 13.0. The van der Waals surface area contributed by atoms with Crippen molar-refractivity contribution in [2.75, 3.05) is 0 Å². The van der Waals surface area contributed by atoms with Gasteiger partial charge in [-0.05, 0) is 62.2 Å². The zero-order valence-electron chi connectivity index (χ0n) is 11.6. The molecule has 0 radical (unpaired) electrons. The predicted octanol–water partition coefficient (Wildman–Crippen LogP) is 3.02. The molecule has 0 saturated heterocycles. The molecule has 1 aromatic rings. The van der Waals surface area contributed by atoms with Crippen molar-refractivity contribution in [3.8, 4) is 0 Å². The van der Waals surface area contributed by atoms with E-state index in [2.05, 4.69) is 17.1 Å². The topological polar surface area (TPSA) is 64.9 Å². The molecule has 4 bridgehead atoms. The Balaban J connectivity index is 1.60. The highest BCUT2D eigenvalue weighted by Gasteiger charge is 2.50. The van der Waals surface area contributed by atoms with Gasteiger partial charge in [-0.1, -0.05) is 6.92 Å². The third kappa shape index (κ3) is 1.83. The van der Waals surface area contributed by atoms with Crippen LogP contribution in [0.25, 0.3) is 0 Å². The third-order valence-electron chi connectivity index (χ3n) is 5.73. The van der Waals surface area contributed by atoms with E-state index in [0.717, 1.165) is 36.0 Å². The van der Waals surface area contributed by atoms with Gasteiger partial charge in [-0.25, -0.2) is 0 Å². The summed E-state index contributed by atoms with van der Waals surface area (Å²) in [6.07, 6.45) is 7.87. The van der Waals surface area contributed by atoms with Crippen molar-refractivity contribution in [3.05, 3.63) is 11.8 Å². The maximum atomic E-state index is 5.99. The van der Waals surface area contributed by atoms with E-state index in [0.29, 0.717) is 11.8 Å². The fraction of sp³-hybridized carbons (Fsp3) is 0.867. The second-order valence-electron chi connectivity index (χ2n) is 6.95. The monoisotopic (exact) mass is 261 g/mol. The van der Waals surface area contributed by atoms with Crippen LogP contribution in [0.3, 0.4) is 0 Å². The van der Waals surface area contributed by atoms with E-state index in [1.54, 1.807) is 0 Å². The SMILES string of the molecule is CCC(N)c1nnc(C2C3CC4CC(C3)CC2C4)o1. The molecule has 0 aliphatic heterocycles. The molecular weight excluding hydrogens is 238 g/mol. The van der Waals surface area contributed by atoms with Gasteiger partial charge in [0.05, 0.1) is 6.04 Å². The highest BCUT2D eigenvalue weighted by Crippen LogP contribution is 2.59. The first-order chi connectivity index (χ1) is 9.24. The summed E-state index contributed by atoms with van der Waals surface area (Å²) in [6, 6.07) is -0.0990. The van der Waals surface area contributed by atoms with E-state index in [9.17, 15) is 0 Å². The molecule has 104 valence electrons. The van der Waals surface area contributed by atoms with Crippen LogP contribution in [0.4, 0.5) is 0 Å². The van der Waals surface area contributed by atoms with Crippen LogP contribution in [-0.2, 0) is 0 Å². The summed E-state index contributed by atoms with van der Waals surface area (Å²) in [5.41, 5.74) is 5.99. The van der Waals surface area contributed by atoms with Crippen LogP contribution in [0.1, 0.15) is 69.2 Å². The summed E-state index contributed by atoms with van der Waals surface area (Å²) in [5.74, 6) is 5.60. The van der Waals surface area contributed by atoms with E-state index in [1.165, 1.54) is 32.1 Å². The summed E-state index contributed by atoms with van der Waals surface area (Å²) in [7, 11) is 0. The predicted molar refractivity (Wildman–Crippen MR) is 71.3 cm³/mol. The summed E-state index contributed by atoms with van der Waals surface area (Å²) >= 11 is 0. The van der Waals surface area contributed by atoms with Gasteiger partial charge in [0.1, 0.15) is 0 Å². The zero-order valence-corrected chi connectivity index (χ0v) is 11.6. The van der Waals surface area contributed by atoms with E-state index in [4.69, 9.17) is 10.2 Å². The van der Waals surface area contributed by atoms with E-state index in [1.807, 2.05) is 0 Å². The van der Waals surface area contributed by atoms with Gasteiger partial charge in [0.2, 0.25) is 11.8 Å². The van der Waals surface area contributed by atoms with E-state index in [-0.39, 0.29) is 6.04 Å². The maximum Gasteiger partial charge on any atom is 0.233 e. The maximum absolute atomic E-state index is 5.99. The molecule has 1 unspecified atom stereocenters. The molecule has 1 atom stereocenters. The summed E-state index contributed by atoms with van der Waals surface area (Å²) in [6.45, 7) is 2.05. The molecule has 5 rings (SSSR count). The first kappa shape index (κ1) is 11.9. The molecule has 1 aromatic heterocycles. The molecule has 19 heavy (non-hydrogen) atoms. The van der Waals surface area contributed by atoms with Crippen LogP contribution in [0.5, 0.6) is 0 Å². The number of hydrogen-bond acceptors (Lipinski definition) is 4. The molecule has 4 fully saturated rings. The van der Waals surface area contributed by atoms with Gasteiger partial charge in [0, 0.05) is 5.92 Å². The Morgan fingerprint density at radius 3 is 2.32 bits per heavy atom. The van der Waals surface area contributed by atoms with Crippen molar-refractivity contribution in [2.24, 2.45) is 29.4 Å². The fourth-order valence-corrected chi connectivity index (χ4v) is 5.03. The van der Waals surface area contributed by atoms with Gasteiger partial charge in [-0.2, -0.15) is 0 Å². The minimum atomic E-state index is -0.0990. The van der Waals surface area contributed by atoms with Gasteiger partial charge in [0.15, 0.2) is 0 Å². The number of nitrogens with zero attached hydrogens (tertiary/aromatic N) is 2. The molecule has 0 aromatic carbocycles. The van der Waals surface area contributed by atoms with Crippen LogP contribution in [-0.4, -0.2) is 10.2 Å². The van der Waals surface area contributed by atoms with Gasteiger partial charge >= 0.3 is 0 Å². The average Bonchev–Trinajstić information content (AvgIpc) is 2.86. The molecule has 4 nitrogen and oxygen atoms in total.